The fourth-order valence-electron chi connectivity index (χ4n) is 3.20. The summed E-state index contributed by atoms with van der Waals surface area (Å²) in [5.74, 6) is 0.756. The highest BCUT2D eigenvalue weighted by Crippen LogP contribution is 2.29. The molecule has 1 aromatic rings. The second-order valence-electron chi connectivity index (χ2n) is 6.78. The van der Waals surface area contributed by atoms with Crippen molar-refractivity contribution in [3.8, 4) is 0 Å². The molecule has 2 rings (SSSR count). The summed E-state index contributed by atoms with van der Waals surface area (Å²) in [6.45, 7) is 4.96. The van der Waals surface area contributed by atoms with Gasteiger partial charge in [-0.15, -0.1) is 0 Å². The quantitative estimate of drug-likeness (QED) is 0.452. The number of guanidine groups is 1. The van der Waals surface area contributed by atoms with E-state index in [9.17, 15) is 13.2 Å². The Morgan fingerprint density at radius 3 is 2.38 bits per heavy atom. The van der Waals surface area contributed by atoms with Crippen molar-refractivity contribution in [1.29, 1.82) is 0 Å². The van der Waals surface area contributed by atoms with Crippen molar-refractivity contribution in [2.24, 2.45) is 4.99 Å². The summed E-state index contributed by atoms with van der Waals surface area (Å²) in [7, 11) is 3.60. The summed E-state index contributed by atoms with van der Waals surface area (Å²) in [6, 6.07) is 5.28. The Bertz CT molecular complexity index is 563. The molecule has 0 spiro atoms. The van der Waals surface area contributed by atoms with Crippen molar-refractivity contribution in [2.45, 2.75) is 38.4 Å². The van der Waals surface area contributed by atoms with Crippen LogP contribution in [0.3, 0.4) is 0 Å². The van der Waals surface area contributed by atoms with E-state index in [4.69, 9.17) is 0 Å². The van der Waals surface area contributed by atoms with E-state index in [1.54, 1.807) is 7.05 Å². The lowest BCUT2D eigenvalue weighted by molar-refractivity contribution is -0.137. The molecule has 1 aliphatic rings. The maximum atomic E-state index is 12.6. The normalized spacial score (nSPS) is 16.1. The number of nitrogens with zero attached hydrogens (tertiary/aromatic N) is 3. The molecule has 1 aromatic carbocycles. The average molecular weight is 370 g/mol. The first kappa shape index (κ1) is 20.6. The van der Waals surface area contributed by atoms with Gasteiger partial charge in [0.2, 0.25) is 0 Å². The Hall–Kier alpha value is -1.76. The summed E-state index contributed by atoms with van der Waals surface area (Å²) in [5.41, 5.74) is 0.196. The van der Waals surface area contributed by atoms with Crippen LogP contribution in [-0.4, -0.2) is 56.0 Å². The molecule has 0 saturated carbocycles. The third-order valence-corrected chi connectivity index (χ3v) is 4.66. The Labute approximate surface area is 154 Å². The van der Waals surface area contributed by atoms with E-state index in [2.05, 4.69) is 15.2 Å². The molecule has 0 aromatic heterocycles. The third-order valence-electron chi connectivity index (χ3n) is 4.66. The Morgan fingerprint density at radius 2 is 1.81 bits per heavy atom. The van der Waals surface area contributed by atoms with Crippen LogP contribution in [0.5, 0.6) is 0 Å². The lowest BCUT2D eigenvalue weighted by Crippen LogP contribution is -2.39. The molecule has 7 heteroatoms. The summed E-state index contributed by atoms with van der Waals surface area (Å²) in [6.07, 6.45) is 0.576. The smallest absolute Gasteiger partial charge is 0.356 e. The molecule has 0 bridgehead atoms. The van der Waals surface area contributed by atoms with Crippen LogP contribution in [0.25, 0.3) is 0 Å². The largest absolute Gasteiger partial charge is 0.416 e. The van der Waals surface area contributed by atoms with Gasteiger partial charge in [0, 0.05) is 27.2 Å². The SMILES string of the molecule is CN=C(NCCCCN1CCCC1)N(C)Cc1ccc(C(F)(F)F)cc1. The van der Waals surface area contributed by atoms with E-state index in [0.29, 0.717) is 6.54 Å². The van der Waals surface area contributed by atoms with Crippen molar-refractivity contribution >= 4 is 5.96 Å². The molecule has 1 aliphatic heterocycles. The molecule has 0 atom stereocenters. The molecule has 1 fully saturated rings. The first-order valence-corrected chi connectivity index (χ1v) is 9.20. The Kier molecular flexibility index (Phi) is 7.75. The molecule has 1 N–H and O–H groups in total. The van der Waals surface area contributed by atoms with Crippen molar-refractivity contribution in [3.05, 3.63) is 35.4 Å². The van der Waals surface area contributed by atoms with E-state index in [0.717, 1.165) is 49.6 Å². The Balaban J connectivity index is 1.72. The van der Waals surface area contributed by atoms with Crippen molar-refractivity contribution in [2.75, 3.05) is 40.3 Å². The fraction of sp³-hybridized carbons (Fsp3) is 0.632. The van der Waals surface area contributed by atoms with Crippen LogP contribution in [-0.2, 0) is 12.7 Å². The number of unbranched alkanes of at least 4 members (excludes halogenated alkanes) is 1. The molecule has 1 heterocycles. The number of likely N-dealkylation sites (tertiary alicyclic amines) is 1. The van der Waals surface area contributed by atoms with Crippen LogP contribution in [0.4, 0.5) is 13.2 Å². The maximum absolute atomic E-state index is 12.6. The molecule has 0 radical (unpaired) electrons. The van der Waals surface area contributed by atoms with Gasteiger partial charge < -0.3 is 15.1 Å². The molecular weight excluding hydrogens is 341 g/mol. The number of hydrogen-bond acceptors (Lipinski definition) is 2. The van der Waals surface area contributed by atoms with E-state index in [1.165, 1.54) is 38.1 Å². The predicted octanol–water partition coefficient (Wildman–Crippen LogP) is 3.59. The van der Waals surface area contributed by atoms with Gasteiger partial charge in [0.25, 0.3) is 0 Å². The minimum Gasteiger partial charge on any atom is -0.356 e. The van der Waals surface area contributed by atoms with Gasteiger partial charge in [0.15, 0.2) is 5.96 Å². The van der Waals surface area contributed by atoms with Gasteiger partial charge in [-0.1, -0.05) is 12.1 Å². The molecule has 0 aliphatic carbocycles. The zero-order valence-electron chi connectivity index (χ0n) is 15.6. The monoisotopic (exact) mass is 370 g/mol. The summed E-state index contributed by atoms with van der Waals surface area (Å²) >= 11 is 0. The molecule has 0 amide bonds. The van der Waals surface area contributed by atoms with Crippen molar-refractivity contribution < 1.29 is 13.2 Å². The first-order chi connectivity index (χ1) is 12.4. The lowest BCUT2D eigenvalue weighted by atomic mass is 10.1. The number of alkyl halides is 3. The molecule has 146 valence electrons. The van der Waals surface area contributed by atoms with Crippen molar-refractivity contribution in [1.82, 2.24) is 15.1 Å². The van der Waals surface area contributed by atoms with Gasteiger partial charge >= 0.3 is 6.18 Å². The summed E-state index contributed by atoms with van der Waals surface area (Å²) < 4.78 is 37.9. The second kappa shape index (κ2) is 9.80. The third kappa shape index (κ3) is 6.52. The number of hydrogen-bond donors (Lipinski definition) is 1. The predicted molar refractivity (Wildman–Crippen MR) is 99.2 cm³/mol. The number of aliphatic imine (C=N–C) groups is 1. The fourth-order valence-corrected chi connectivity index (χ4v) is 3.20. The van der Waals surface area contributed by atoms with Gasteiger partial charge in [-0.05, 0) is 63.0 Å². The van der Waals surface area contributed by atoms with E-state index < -0.39 is 11.7 Å². The number of nitrogens with one attached hydrogen (secondary N) is 1. The standard InChI is InChI=1S/C19H29F3N4/c1-23-18(24-11-3-4-12-26-13-5-6-14-26)25(2)15-16-7-9-17(10-8-16)19(20,21)22/h7-10H,3-6,11-15H2,1-2H3,(H,23,24). The molecule has 4 nitrogen and oxygen atoms in total. The molecule has 26 heavy (non-hydrogen) atoms. The van der Waals surface area contributed by atoms with E-state index in [1.807, 2.05) is 11.9 Å². The summed E-state index contributed by atoms with van der Waals surface area (Å²) in [4.78, 5) is 8.68. The van der Waals surface area contributed by atoms with Gasteiger partial charge in [-0.2, -0.15) is 13.2 Å². The zero-order chi connectivity index (χ0) is 19.0. The van der Waals surface area contributed by atoms with Gasteiger partial charge in [0.05, 0.1) is 5.56 Å². The lowest BCUT2D eigenvalue weighted by Gasteiger charge is -2.22. The van der Waals surface area contributed by atoms with Crippen LogP contribution < -0.4 is 5.32 Å². The van der Waals surface area contributed by atoms with Crippen LogP contribution in [0, 0.1) is 0 Å². The van der Waals surface area contributed by atoms with Crippen LogP contribution in [0.1, 0.15) is 36.8 Å². The highest BCUT2D eigenvalue weighted by Gasteiger charge is 2.29. The molecule has 1 saturated heterocycles. The minimum atomic E-state index is -4.29. The average Bonchev–Trinajstić information content (AvgIpc) is 3.11. The van der Waals surface area contributed by atoms with Crippen LogP contribution >= 0.6 is 0 Å². The van der Waals surface area contributed by atoms with Gasteiger partial charge in [0.1, 0.15) is 0 Å². The first-order valence-electron chi connectivity index (χ1n) is 9.20. The Morgan fingerprint density at radius 1 is 1.15 bits per heavy atom. The second-order valence-corrected chi connectivity index (χ2v) is 6.78. The highest BCUT2D eigenvalue weighted by molar-refractivity contribution is 5.79. The number of benzene rings is 1. The topological polar surface area (TPSA) is 30.9 Å². The van der Waals surface area contributed by atoms with Crippen molar-refractivity contribution in [3.63, 3.8) is 0 Å². The molecule has 0 unspecified atom stereocenters. The maximum Gasteiger partial charge on any atom is 0.416 e. The minimum absolute atomic E-state index is 0.506. The van der Waals surface area contributed by atoms with E-state index >= 15 is 0 Å². The summed E-state index contributed by atoms with van der Waals surface area (Å²) in [5, 5.41) is 3.33. The highest BCUT2D eigenvalue weighted by atomic mass is 19.4. The van der Waals surface area contributed by atoms with Gasteiger partial charge in [-0.3, -0.25) is 4.99 Å². The van der Waals surface area contributed by atoms with Crippen LogP contribution in [0.2, 0.25) is 0 Å². The number of rotatable bonds is 7. The molecular formula is C19H29F3N4. The number of halogens is 3. The van der Waals surface area contributed by atoms with E-state index in [-0.39, 0.29) is 0 Å². The van der Waals surface area contributed by atoms with Crippen LogP contribution in [0.15, 0.2) is 29.3 Å². The van der Waals surface area contributed by atoms with Gasteiger partial charge in [-0.25, -0.2) is 0 Å². The zero-order valence-corrected chi connectivity index (χ0v) is 15.6.